The van der Waals surface area contributed by atoms with Gasteiger partial charge in [-0.3, -0.25) is 9.36 Å². The lowest BCUT2D eigenvalue weighted by atomic mass is 10.2. The molecule has 1 amide bonds. The second-order valence-corrected chi connectivity index (χ2v) is 6.57. The van der Waals surface area contributed by atoms with Gasteiger partial charge in [0, 0.05) is 5.02 Å². The van der Waals surface area contributed by atoms with Gasteiger partial charge in [0.05, 0.1) is 12.8 Å². The van der Waals surface area contributed by atoms with Crippen molar-refractivity contribution in [2.45, 2.75) is 31.5 Å². The van der Waals surface area contributed by atoms with Gasteiger partial charge in [-0.15, -0.1) is 10.2 Å². The lowest BCUT2D eigenvalue weighted by molar-refractivity contribution is -0.119. The average Bonchev–Trinajstić information content (AvgIpc) is 2.90. The second-order valence-electron chi connectivity index (χ2n) is 4.90. The molecule has 3 N–H and O–H groups in total. The van der Waals surface area contributed by atoms with E-state index in [-0.39, 0.29) is 11.9 Å². The first-order valence-corrected chi connectivity index (χ1v) is 8.85. The summed E-state index contributed by atoms with van der Waals surface area (Å²) in [4.78, 5) is 12.8. The Hall–Kier alpha value is -1.93. The highest BCUT2D eigenvalue weighted by Crippen LogP contribution is 2.30. The Bertz CT molecular complexity index is 722. The van der Waals surface area contributed by atoms with Gasteiger partial charge >= 0.3 is 0 Å². The topological polar surface area (TPSA) is 95.1 Å². The molecule has 2 rings (SSSR count). The summed E-state index contributed by atoms with van der Waals surface area (Å²) >= 11 is 7.49. The van der Waals surface area contributed by atoms with Crippen LogP contribution in [0.1, 0.15) is 26.3 Å². The van der Waals surface area contributed by atoms with Crippen molar-refractivity contribution in [1.82, 2.24) is 14.8 Å². The van der Waals surface area contributed by atoms with Crippen LogP contribution in [0.15, 0.2) is 23.4 Å². The summed E-state index contributed by atoms with van der Waals surface area (Å²) < 4.78 is 6.91. The maximum atomic E-state index is 12.8. The van der Waals surface area contributed by atoms with E-state index in [9.17, 15) is 4.79 Å². The Labute approximate surface area is 149 Å². The van der Waals surface area contributed by atoms with Crippen LogP contribution < -0.4 is 15.8 Å². The first-order chi connectivity index (χ1) is 11.5. The van der Waals surface area contributed by atoms with Gasteiger partial charge in [-0.05, 0) is 30.4 Å². The summed E-state index contributed by atoms with van der Waals surface area (Å²) in [6.07, 6.45) is 0.536. The molecular formula is C15H20ClN5O2S. The number of nitrogens with zero attached hydrogens (tertiary/aromatic N) is 3. The largest absolute Gasteiger partial charge is 0.495 e. The molecule has 1 atom stereocenters. The molecule has 0 aliphatic heterocycles. The van der Waals surface area contributed by atoms with Crippen LogP contribution in [0, 0.1) is 0 Å². The van der Waals surface area contributed by atoms with Gasteiger partial charge in [-0.25, -0.2) is 0 Å². The SMILES string of the molecule is CCSc1nnc(N)n1C(CC)C(=O)Nc1cc(Cl)ccc1OC. The van der Waals surface area contributed by atoms with E-state index in [1.165, 1.54) is 18.9 Å². The number of nitrogen functional groups attached to an aromatic ring is 1. The monoisotopic (exact) mass is 369 g/mol. The van der Waals surface area contributed by atoms with Crippen molar-refractivity contribution in [2.24, 2.45) is 0 Å². The fourth-order valence-corrected chi connectivity index (χ4v) is 3.18. The fraction of sp³-hybridized carbons (Fsp3) is 0.400. The van der Waals surface area contributed by atoms with E-state index >= 15 is 0 Å². The molecule has 2 aromatic rings. The summed E-state index contributed by atoms with van der Waals surface area (Å²) in [5.74, 6) is 1.31. The number of benzene rings is 1. The Morgan fingerprint density at radius 2 is 2.21 bits per heavy atom. The minimum absolute atomic E-state index is 0.214. The van der Waals surface area contributed by atoms with Crippen LogP contribution in [-0.4, -0.2) is 33.5 Å². The molecule has 9 heteroatoms. The molecule has 1 aromatic heterocycles. The lowest BCUT2D eigenvalue weighted by Gasteiger charge is -2.19. The third kappa shape index (κ3) is 3.93. The fourth-order valence-electron chi connectivity index (χ4n) is 2.29. The minimum atomic E-state index is -0.530. The molecule has 0 saturated carbocycles. The van der Waals surface area contributed by atoms with Crippen LogP contribution >= 0.6 is 23.4 Å². The van der Waals surface area contributed by atoms with Crippen molar-refractivity contribution in [3.05, 3.63) is 23.2 Å². The predicted octanol–water partition coefficient (Wildman–Crippen LogP) is 3.22. The maximum absolute atomic E-state index is 12.8. The highest BCUT2D eigenvalue weighted by molar-refractivity contribution is 7.99. The van der Waals surface area contributed by atoms with Crippen LogP contribution in [0.4, 0.5) is 11.6 Å². The predicted molar refractivity (Wildman–Crippen MR) is 96.8 cm³/mol. The molecule has 0 bridgehead atoms. The van der Waals surface area contributed by atoms with Crippen LogP contribution in [0.2, 0.25) is 5.02 Å². The van der Waals surface area contributed by atoms with Gasteiger partial charge in [-0.1, -0.05) is 37.2 Å². The van der Waals surface area contributed by atoms with Gasteiger partial charge in [-0.2, -0.15) is 0 Å². The molecule has 0 aliphatic rings. The third-order valence-electron chi connectivity index (χ3n) is 3.38. The van der Waals surface area contributed by atoms with Gasteiger partial charge in [0.15, 0.2) is 5.16 Å². The molecule has 0 radical (unpaired) electrons. The first-order valence-electron chi connectivity index (χ1n) is 7.49. The van der Waals surface area contributed by atoms with E-state index in [0.29, 0.717) is 28.0 Å². The highest BCUT2D eigenvalue weighted by Gasteiger charge is 2.25. The summed E-state index contributed by atoms with van der Waals surface area (Å²) in [6.45, 7) is 3.90. The Morgan fingerprint density at radius 3 is 2.83 bits per heavy atom. The quantitative estimate of drug-likeness (QED) is 0.727. The number of carbonyl (C=O) groups is 1. The second kappa shape index (κ2) is 8.25. The molecule has 1 heterocycles. The lowest BCUT2D eigenvalue weighted by Crippen LogP contribution is -2.27. The number of carbonyl (C=O) groups excluding carboxylic acids is 1. The van der Waals surface area contributed by atoms with Crippen LogP contribution in [0.3, 0.4) is 0 Å². The summed E-state index contributed by atoms with van der Waals surface area (Å²) in [7, 11) is 1.53. The molecule has 0 spiro atoms. The normalized spacial score (nSPS) is 12.0. The molecular weight excluding hydrogens is 350 g/mol. The van der Waals surface area contributed by atoms with Crippen molar-refractivity contribution in [3.8, 4) is 5.75 Å². The molecule has 0 fully saturated rings. The number of rotatable bonds is 7. The van der Waals surface area contributed by atoms with E-state index in [1.807, 2.05) is 13.8 Å². The number of hydrogen-bond donors (Lipinski definition) is 2. The number of ether oxygens (including phenoxy) is 1. The molecule has 0 aliphatic carbocycles. The number of hydrogen-bond acceptors (Lipinski definition) is 6. The van der Waals surface area contributed by atoms with Gasteiger partial charge < -0.3 is 15.8 Å². The van der Waals surface area contributed by atoms with Crippen molar-refractivity contribution in [3.63, 3.8) is 0 Å². The number of anilines is 2. The van der Waals surface area contributed by atoms with Crippen molar-refractivity contribution in [2.75, 3.05) is 23.9 Å². The first kappa shape index (κ1) is 18.4. The summed E-state index contributed by atoms with van der Waals surface area (Å²) in [6, 6.07) is 4.51. The standard InChI is InChI=1S/C15H20ClN5O2S/c1-4-11(21-14(17)19-20-15(21)24-5-2)13(22)18-10-8-9(16)6-7-12(10)23-3/h6-8,11H,4-5H2,1-3H3,(H2,17,19)(H,18,22). The van der Waals surface area contributed by atoms with E-state index in [0.717, 1.165) is 5.75 Å². The number of thioether (sulfide) groups is 1. The van der Waals surface area contributed by atoms with E-state index < -0.39 is 6.04 Å². The number of methoxy groups -OCH3 is 1. The average molecular weight is 370 g/mol. The van der Waals surface area contributed by atoms with Crippen molar-refractivity contribution >= 4 is 40.9 Å². The maximum Gasteiger partial charge on any atom is 0.247 e. The smallest absolute Gasteiger partial charge is 0.247 e. The highest BCUT2D eigenvalue weighted by atomic mass is 35.5. The molecule has 1 unspecified atom stereocenters. The van der Waals surface area contributed by atoms with Crippen LogP contribution in [0.5, 0.6) is 5.75 Å². The zero-order valence-electron chi connectivity index (χ0n) is 13.7. The Kier molecular flexibility index (Phi) is 6.33. The molecule has 1 aromatic carbocycles. The van der Waals surface area contributed by atoms with E-state index in [2.05, 4.69) is 15.5 Å². The van der Waals surface area contributed by atoms with E-state index in [1.54, 1.807) is 22.8 Å². The van der Waals surface area contributed by atoms with Crippen LogP contribution in [0.25, 0.3) is 0 Å². The zero-order chi connectivity index (χ0) is 17.7. The third-order valence-corrected chi connectivity index (χ3v) is 4.45. The van der Waals surface area contributed by atoms with Crippen molar-refractivity contribution in [1.29, 1.82) is 0 Å². The molecule has 24 heavy (non-hydrogen) atoms. The van der Waals surface area contributed by atoms with Gasteiger partial charge in [0.1, 0.15) is 11.8 Å². The number of nitrogens with one attached hydrogen (secondary N) is 1. The number of aromatic nitrogens is 3. The summed E-state index contributed by atoms with van der Waals surface area (Å²) in [5, 5.41) is 11.9. The number of amides is 1. The van der Waals surface area contributed by atoms with E-state index in [4.69, 9.17) is 22.1 Å². The summed E-state index contributed by atoms with van der Waals surface area (Å²) in [5.41, 5.74) is 6.41. The van der Waals surface area contributed by atoms with Gasteiger partial charge in [0.2, 0.25) is 11.9 Å². The minimum Gasteiger partial charge on any atom is -0.495 e. The van der Waals surface area contributed by atoms with Crippen molar-refractivity contribution < 1.29 is 9.53 Å². The zero-order valence-corrected chi connectivity index (χ0v) is 15.3. The number of nitrogens with two attached hydrogens (primary N) is 1. The molecule has 7 nitrogen and oxygen atoms in total. The molecule has 0 saturated heterocycles. The van der Waals surface area contributed by atoms with Crippen LogP contribution in [-0.2, 0) is 4.79 Å². The Balaban J connectivity index is 2.30. The Morgan fingerprint density at radius 1 is 1.46 bits per heavy atom. The number of halogens is 1. The molecule has 130 valence electrons. The van der Waals surface area contributed by atoms with Gasteiger partial charge in [0.25, 0.3) is 0 Å².